The molecule has 0 spiro atoms. The van der Waals surface area contributed by atoms with Crippen LogP contribution in [0.5, 0.6) is 0 Å². The van der Waals surface area contributed by atoms with Crippen LogP contribution in [0.2, 0.25) is 5.02 Å². The standard InChI is InChI=1S/C15H19ClN2O2/c1-11(20)17-9-12-4-6-18(7-5-12)15-8-14(16)3-2-13(15)10-19/h2-3,8,10,12H,4-7,9H2,1H3,(H,17,20). The molecule has 0 aromatic heterocycles. The Labute approximate surface area is 124 Å². The van der Waals surface area contributed by atoms with Gasteiger partial charge in [0.05, 0.1) is 0 Å². The lowest BCUT2D eigenvalue weighted by Crippen LogP contribution is -2.38. The topological polar surface area (TPSA) is 49.4 Å². The van der Waals surface area contributed by atoms with Crippen LogP contribution in [0.4, 0.5) is 5.69 Å². The molecule has 1 amide bonds. The molecule has 1 aromatic carbocycles. The third kappa shape index (κ3) is 3.73. The third-order valence-electron chi connectivity index (χ3n) is 3.71. The van der Waals surface area contributed by atoms with Crippen LogP contribution in [0.15, 0.2) is 18.2 Å². The summed E-state index contributed by atoms with van der Waals surface area (Å²) < 4.78 is 0. The fourth-order valence-electron chi connectivity index (χ4n) is 2.56. The summed E-state index contributed by atoms with van der Waals surface area (Å²) in [6, 6.07) is 5.34. The Morgan fingerprint density at radius 2 is 2.15 bits per heavy atom. The van der Waals surface area contributed by atoms with Gasteiger partial charge in [-0.1, -0.05) is 11.6 Å². The number of piperidine rings is 1. The Hall–Kier alpha value is -1.55. The van der Waals surface area contributed by atoms with E-state index in [1.807, 2.05) is 6.07 Å². The minimum Gasteiger partial charge on any atom is -0.371 e. The number of aldehydes is 1. The number of rotatable bonds is 4. The zero-order valence-corrected chi connectivity index (χ0v) is 12.3. The average molecular weight is 295 g/mol. The predicted octanol–water partition coefficient (Wildman–Crippen LogP) is 2.51. The van der Waals surface area contributed by atoms with Crippen LogP contribution in [0, 0.1) is 5.92 Å². The van der Waals surface area contributed by atoms with Gasteiger partial charge in [-0.2, -0.15) is 0 Å². The van der Waals surface area contributed by atoms with Gasteiger partial charge in [-0.3, -0.25) is 9.59 Å². The fraction of sp³-hybridized carbons (Fsp3) is 0.467. The summed E-state index contributed by atoms with van der Waals surface area (Å²) in [5, 5.41) is 3.51. The van der Waals surface area contributed by atoms with Crippen molar-refractivity contribution < 1.29 is 9.59 Å². The fourth-order valence-corrected chi connectivity index (χ4v) is 2.72. The number of nitrogens with zero attached hydrogens (tertiary/aromatic N) is 1. The number of nitrogens with one attached hydrogen (secondary N) is 1. The van der Waals surface area contributed by atoms with E-state index in [4.69, 9.17) is 11.6 Å². The van der Waals surface area contributed by atoms with Crippen LogP contribution in [0.1, 0.15) is 30.1 Å². The van der Waals surface area contributed by atoms with Crippen molar-refractivity contribution in [1.82, 2.24) is 5.32 Å². The maximum Gasteiger partial charge on any atom is 0.216 e. The van der Waals surface area contributed by atoms with Gasteiger partial charge < -0.3 is 10.2 Å². The van der Waals surface area contributed by atoms with Crippen molar-refractivity contribution in [3.63, 3.8) is 0 Å². The van der Waals surface area contributed by atoms with Gasteiger partial charge in [0, 0.05) is 42.8 Å². The minimum absolute atomic E-state index is 0.0190. The van der Waals surface area contributed by atoms with E-state index in [1.165, 1.54) is 6.92 Å². The summed E-state index contributed by atoms with van der Waals surface area (Å²) in [5.41, 5.74) is 1.58. The van der Waals surface area contributed by atoms with Gasteiger partial charge in [0.15, 0.2) is 6.29 Å². The van der Waals surface area contributed by atoms with Crippen LogP contribution in [0.25, 0.3) is 0 Å². The van der Waals surface area contributed by atoms with E-state index in [2.05, 4.69) is 10.2 Å². The number of carbonyl (C=O) groups is 2. The van der Waals surface area contributed by atoms with Crippen molar-refractivity contribution in [3.05, 3.63) is 28.8 Å². The van der Waals surface area contributed by atoms with Gasteiger partial charge in [-0.15, -0.1) is 0 Å². The first-order chi connectivity index (χ1) is 9.60. The summed E-state index contributed by atoms with van der Waals surface area (Å²) >= 11 is 6.02. The first-order valence-electron chi connectivity index (χ1n) is 6.84. The highest BCUT2D eigenvalue weighted by atomic mass is 35.5. The average Bonchev–Trinajstić information content (AvgIpc) is 2.45. The number of hydrogen-bond acceptors (Lipinski definition) is 3. The molecule has 1 heterocycles. The quantitative estimate of drug-likeness (QED) is 0.868. The highest BCUT2D eigenvalue weighted by Gasteiger charge is 2.21. The van der Waals surface area contributed by atoms with Gasteiger partial charge in [0.2, 0.25) is 5.91 Å². The Balaban J connectivity index is 1.98. The van der Waals surface area contributed by atoms with Gasteiger partial charge in [-0.05, 0) is 37.0 Å². The van der Waals surface area contributed by atoms with Crippen molar-refractivity contribution >= 4 is 29.5 Å². The third-order valence-corrected chi connectivity index (χ3v) is 3.95. The van der Waals surface area contributed by atoms with Crippen LogP contribution in [-0.4, -0.2) is 31.8 Å². The molecular formula is C15H19ClN2O2. The van der Waals surface area contributed by atoms with E-state index < -0.39 is 0 Å². The van der Waals surface area contributed by atoms with E-state index in [-0.39, 0.29) is 5.91 Å². The van der Waals surface area contributed by atoms with Gasteiger partial charge in [0.1, 0.15) is 0 Å². The molecule has 5 heteroatoms. The number of benzene rings is 1. The normalized spacial score (nSPS) is 16.0. The summed E-state index contributed by atoms with van der Waals surface area (Å²) in [5.74, 6) is 0.527. The Kier molecular flexibility index (Phi) is 5.01. The molecule has 1 aliphatic rings. The summed E-state index contributed by atoms with van der Waals surface area (Å²) in [4.78, 5) is 24.2. The molecule has 1 aromatic rings. The number of anilines is 1. The molecule has 1 N–H and O–H groups in total. The summed E-state index contributed by atoms with van der Waals surface area (Å²) in [7, 11) is 0. The second-order valence-electron chi connectivity index (χ2n) is 5.19. The number of amides is 1. The Morgan fingerprint density at radius 1 is 1.45 bits per heavy atom. The smallest absolute Gasteiger partial charge is 0.216 e. The molecule has 0 saturated carbocycles. The zero-order chi connectivity index (χ0) is 14.5. The van der Waals surface area contributed by atoms with Crippen molar-refractivity contribution in [2.75, 3.05) is 24.5 Å². The van der Waals surface area contributed by atoms with Gasteiger partial charge >= 0.3 is 0 Å². The maximum absolute atomic E-state index is 11.1. The molecule has 1 fully saturated rings. The van der Waals surface area contributed by atoms with Crippen molar-refractivity contribution in [2.45, 2.75) is 19.8 Å². The largest absolute Gasteiger partial charge is 0.371 e. The Bertz CT molecular complexity index is 497. The lowest BCUT2D eigenvalue weighted by atomic mass is 9.96. The van der Waals surface area contributed by atoms with Crippen molar-refractivity contribution in [1.29, 1.82) is 0 Å². The highest BCUT2D eigenvalue weighted by molar-refractivity contribution is 6.31. The molecule has 0 atom stereocenters. The second-order valence-corrected chi connectivity index (χ2v) is 5.62. The first kappa shape index (κ1) is 14.9. The van der Waals surface area contributed by atoms with Crippen LogP contribution >= 0.6 is 11.6 Å². The van der Waals surface area contributed by atoms with Crippen LogP contribution in [-0.2, 0) is 4.79 Å². The van der Waals surface area contributed by atoms with Crippen molar-refractivity contribution in [2.24, 2.45) is 5.92 Å². The predicted molar refractivity (Wildman–Crippen MR) is 80.5 cm³/mol. The van der Waals surface area contributed by atoms with E-state index in [0.29, 0.717) is 16.5 Å². The molecular weight excluding hydrogens is 276 g/mol. The molecule has 108 valence electrons. The molecule has 2 rings (SSSR count). The van der Waals surface area contributed by atoms with E-state index in [9.17, 15) is 9.59 Å². The van der Waals surface area contributed by atoms with E-state index >= 15 is 0 Å². The molecule has 0 radical (unpaired) electrons. The lowest BCUT2D eigenvalue weighted by Gasteiger charge is -2.34. The zero-order valence-electron chi connectivity index (χ0n) is 11.6. The van der Waals surface area contributed by atoms with Crippen molar-refractivity contribution in [3.8, 4) is 0 Å². The first-order valence-corrected chi connectivity index (χ1v) is 7.22. The summed E-state index contributed by atoms with van der Waals surface area (Å²) in [6.07, 6.45) is 2.88. The maximum atomic E-state index is 11.1. The highest BCUT2D eigenvalue weighted by Crippen LogP contribution is 2.28. The number of halogens is 1. The van der Waals surface area contributed by atoms with Crippen LogP contribution in [0.3, 0.4) is 0 Å². The molecule has 1 aliphatic heterocycles. The van der Waals surface area contributed by atoms with Crippen LogP contribution < -0.4 is 10.2 Å². The van der Waals surface area contributed by atoms with Gasteiger partial charge in [0.25, 0.3) is 0 Å². The number of carbonyl (C=O) groups excluding carboxylic acids is 2. The SMILES string of the molecule is CC(=O)NCC1CCN(c2cc(Cl)ccc2C=O)CC1. The minimum atomic E-state index is 0.0190. The molecule has 0 aliphatic carbocycles. The summed E-state index contributed by atoms with van der Waals surface area (Å²) in [6.45, 7) is 4.04. The molecule has 20 heavy (non-hydrogen) atoms. The monoisotopic (exact) mass is 294 g/mol. The number of hydrogen-bond donors (Lipinski definition) is 1. The van der Waals surface area contributed by atoms with Gasteiger partial charge in [-0.25, -0.2) is 0 Å². The second kappa shape index (κ2) is 6.75. The lowest BCUT2D eigenvalue weighted by molar-refractivity contribution is -0.119. The molecule has 1 saturated heterocycles. The molecule has 0 unspecified atom stereocenters. The van der Waals surface area contributed by atoms with E-state index in [0.717, 1.165) is 44.4 Å². The molecule has 0 bridgehead atoms. The molecule has 4 nitrogen and oxygen atoms in total. The Morgan fingerprint density at radius 3 is 2.75 bits per heavy atom. The van der Waals surface area contributed by atoms with E-state index in [1.54, 1.807) is 12.1 Å².